The van der Waals surface area contributed by atoms with E-state index in [1.165, 1.54) is 5.56 Å². The highest BCUT2D eigenvalue weighted by Crippen LogP contribution is 2.28. The molecule has 1 unspecified atom stereocenters. The fraction of sp³-hybridized carbons (Fsp3) is 0.600. The number of rotatable bonds is 8. The molecule has 0 bridgehead atoms. The van der Waals surface area contributed by atoms with E-state index in [-0.39, 0.29) is 5.91 Å². The summed E-state index contributed by atoms with van der Waals surface area (Å²) in [7, 11) is 0.523. The maximum absolute atomic E-state index is 12.4. The second kappa shape index (κ2) is 8.43. The van der Waals surface area contributed by atoms with Crippen molar-refractivity contribution in [2.24, 2.45) is 5.73 Å². The molecule has 0 aliphatic heterocycles. The van der Waals surface area contributed by atoms with E-state index in [4.69, 9.17) is 18.0 Å². The third kappa shape index (κ3) is 4.32. The molecule has 1 atom stereocenters. The second-order valence-corrected chi connectivity index (χ2v) is 6.46. The molecule has 0 aliphatic carbocycles. The van der Waals surface area contributed by atoms with E-state index in [1.807, 2.05) is 4.90 Å². The highest BCUT2D eigenvalue weighted by Gasteiger charge is 2.17. The normalized spacial score (nSPS) is 10.9. The van der Waals surface area contributed by atoms with Gasteiger partial charge in [0, 0.05) is 18.4 Å². The van der Waals surface area contributed by atoms with E-state index < -0.39 is 0 Å². The lowest BCUT2D eigenvalue weighted by Gasteiger charge is -2.21. The molecule has 2 N–H and O–H groups in total. The summed E-state index contributed by atoms with van der Waals surface area (Å²) >= 11 is 5.10. The molecule has 112 valence electrons. The summed E-state index contributed by atoms with van der Waals surface area (Å²) in [6.45, 7) is 7.99. The predicted octanol–water partition coefficient (Wildman–Crippen LogP) is 3.11. The van der Waals surface area contributed by atoms with Gasteiger partial charge in [-0.15, -0.1) is 8.19 Å². The van der Waals surface area contributed by atoms with Crippen molar-refractivity contribution in [2.75, 3.05) is 13.1 Å². The molecule has 1 aromatic heterocycles. The first-order valence-corrected chi connectivity index (χ1v) is 8.80. The molecule has 20 heavy (non-hydrogen) atoms. The molecular formula is C15H25N2OPS. The molecule has 1 rings (SSSR count). The lowest BCUT2D eigenvalue weighted by molar-refractivity contribution is -0.130. The third-order valence-corrected chi connectivity index (χ3v) is 5.10. The average Bonchev–Trinajstić information content (AvgIpc) is 2.81. The number of carbonyl (C=O) groups is 1. The van der Waals surface area contributed by atoms with Crippen molar-refractivity contribution in [3.8, 4) is 0 Å². The quantitative estimate of drug-likeness (QED) is 0.750. The van der Waals surface area contributed by atoms with Crippen LogP contribution in [0.5, 0.6) is 0 Å². The summed E-state index contributed by atoms with van der Waals surface area (Å²) in [5, 5.41) is 1.07. The minimum Gasteiger partial charge on any atom is -0.389 e. The molecule has 1 aromatic rings. The molecule has 3 nitrogen and oxygen atoms in total. The Labute approximate surface area is 129 Å². The van der Waals surface area contributed by atoms with Crippen LogP contribution in [0.15, 0.2) is 5.80 Å². The summed E-state index contributed by atoms with van der Waals surface area (Å²) in [5.74, 6) is 2.36. The zero-order valence-electron chi connectivity index (χ0n) is 12.7. The molecular weight excluding hydrogens is 287 g/mol. The van der Waals surface area contributed by atoms with Gasteiger partial charge in [0.15, 0.2) is 0 Å². The van der Waals surface area contributed by atoms with Crippen molar-refractivity contribution in [1.82, 2.24) is 4.90 Å². The Morgan fingerprint density at radius 1 is 1.30 bits per heavy atom. The molecule has 0 radical (unpaired) electrons. The Hall–Kier alpha value is -0.860. The van der Waals surface area contributed by atoms with Gasteiger partial charge in [-0.25, -0.2) is 0 Å². The zero-order chi connectivity index (χ0) is 15.1. The van der Waals surface area contributed by atoms with E-state index in [9.17, 15) is 4.79 Å². The van der Waals surface area contributed by atoms with Gasteiger partial charge in [0.1, 0.15) is 4.99 Å². The summed E-state index contributed by atoms with van der Waals surface area (Å²) in [4.78, 5) is 14.9. The molecule has 0 aromatic carbocycles. The number of carbonyl (C=O) groups excluding carboxylic acids is 1. The molecule has 0 saturated carbocycles. The standard InChI is InChI=1S/C15H25N2OPS/c1-4-7-17(8-5-2)13(18)9-11-10-19-14(15(16)20)12(11)6-3/h10,19H,4-9H2,1-3H3,(H2,16,20). The van der Waals surface area contributed by atoms with E-state index in [0.717, 1.165) is 43.2 Å². The van der Waals surface area contributed by atoms with Gasteiger partial charge < -0.3 is 10.6 Å². The van der Waals surface area contributed by atoms with Crippen LogP contribution < -0.4 is 5.73 Å². The maximum Gasteiger partial charge on any atom is 0.227 e. The number of nitrogens with two attached hydrogens (primary N) is 1. The Bertz CT molecular complexity index is 464. The molecule has 1 heterocycles. The highest BCUT2D eigenvalue weighted by molar-refractivity contribution is 7.81. The van der Waals surface area contributed by atoms with Crippen LogP contribution in [0.25, 0.3) is 0 Å². The van der Waals surface area contributed by atoms with Crippen LogP contribution >= 0.6 is 20.4 Å². The minimum absolute atomic E-state index is 0.222. The topological polar surface area (TPSA) is 46.3 Å². The highest BCUT2D eigenvalue weighted by atomic mass is 32.1. The van der Waals surface area contributed by atoms with Crippen molar-refractivity contribution in [1.29, 1.82) is 0 Å². The van der Waals surface area contributed by atoms with Gasteiger partial charge in [-0.3, -0.25) is 4.79 Å². The minimum atomic E-state index is 0.222. The van der Waals surface area contributed by atoms with E-state index in [0.29, 0.717) is 19.6 Å². The van der Waals surface area contributed by atoms with Gasteiger partial charge >= 0.3 is 0 Å². The van der Waals surface area contributed by atoms with Gasteiger partial charge in [-0.05, 0) is 36.2 Å². The summed E-state index contributed by atoms with van der Waals surface area (Å²) in [5.41, 5.74) is 8.09. The van der Waals surface area contributed by atoms with Crippen LogP contribution in [0.1, 0.15) is 50.0 Å². The van der Waals surface area contributed by atoms with Crippen molar-refractivity contribution in [2.45, 2.75) is 46.5 Å². The van der Waals surface area contributed by atoms with Crippen LogP contribution in [-0.2, 0) is 17.6 Å². The van der Waals surface area contributed by atoms with Crippen molar-refractivity contribution in [3.05, 3.63) is 22.2 Å². The lowest BCUT2D eigenvalue weighted by Crippen LogP contribution is -2.33. The summed E-state index contributed by atoms with van der Waals surface area (Å²) in [6, 6.07) is 0. The van der Waals surface area contributed by atoms with Gasteiger partial charge in [0.2, 0.25) is 5.91 Å². The first kappa shape index (κ1) is 17.2. The zero-order valence-corrected chi connectivity index (χ0v) is 14.5. The van der Waals surface area contributed by atoms with Crippen molar-refractivity contribution >= 4 is 31.3 Å². The van der Waals surface area contributed by atoms with Gasteiger partial charge in [0.25, 0.3) is 0 Å². The van der Waals surface area contributed by atoms with Crippen LogP contribution in [-0.4, -0.2) is 28.9 Å². The fourth-order valence-electron chi connectivity index (χ4n) is 2.45. The summed E-state index contributed by atoms with van der Waals surface area (Å²) in [6.07, 6.45) is 3.38. The lowest BCUT2D eigenvalue weighted by atomic mass is 10.0. The first-order valence-electron chi connectivity index (χ1n) is 7.31. The van der Waals surface area contributed by atoms with Gasteiger partial charge in [-0.1, -0.05) is 33.0 Å². The largest absolute Gasteiger partial charge is 0.389 e. The van der Waals surface area contributed by atoms with Gasteiger partial charge in [0.05, 0.1) is 6.42 Å². The Kier molecular flexibility index (Phi) is 7.25. The predicted molar refractivity (Wildman–Crippen MR) is 92.1 cm³/mol. The Balaban J connectivity index is 2.86. The molecule has 5 heteroatoms. The molecule has 0 saturated heterocycles. The number of hydrogen-bond donors (Lipinski definition) is 1. The van der Waals surface area contributed by atoms with E-state index in [2.05, 4.69) is 26.6 Å². The van der Waals surface area contributed by atoms with Crippen LogP contribution in [0.4, 0.5) is 0 Å². The average molecular weight is 312 g/mol. The Morgan fingerprint density at radius 3 is 2.35 bits per heavy atom. The third-order valence-electron chi connectivity index (χ3n) is 3.36. The van der Waals surface area contributed by atoms with Crippen LogP contribution in [0.3, 0.4) is 0 Å². The first-order chi connectivity index (χ1) is 9.54. The second-order valence-electron chi connectivity index (χ2n) is 4.94. The van der Waals surface area contributed by atoms with Crippen molar-refractivity contribution < 1.29 is 4.79 Å². The number of hydrogen-bond acceptors (Lipinski definition) is 2. The summed E-state index contributed by atoms with van der Waals surface area (Å²) < 4.78 is 0. The fourth-order valence-corrected chi connectivity index (χ4v) is 4.00. The van der Waals surface area contributed by atoms with E-state index >= 15 is 0 Å². The molecule has 1 amide bonds. The Morgan fingerprint density at radius 2 is 1.90 bits per heavy atom. The monoisotopic (exact) mass is 312 g/mol. The van der Waals surface area contributed by atoms with E-state index in [1.54, 1.807) is 0 Å². The smallest absolute Gasteiger partial charge is 0.227 e. The molecule has 0 aliphatic rings. The molecule has 0 fully saturated rings. The van der Waals surface area contributed by atoms with Crippen molar-refractivity contribution in [3.63, 3.8) is 0 Å². The number of nitrogens with zero attached hydrogens (tertiary/aromatic N) is 1. The van der Waals surface area contributed by atoms with Gasteiger partial charge in [-0.2, -0.15) is 0 Å². The maximum atomic E-state index is 12.4. The SMILES string of the molecule is CCCN(CCC)C(=O)Cc1c[pH]c(C(N)=S)c1CC. The number of amides is 1. The number of thiocarbonyl (C=S) groups is 1. The molecule has 0 spiro atoms. The van der Waals surface area contributed by atoms with Crippen LogP contribution in [0.2, 0.25) is 0 Å². The van der Waals surface area contributed by atoms with Crippen LogP contribution in [0, 0.1) is 0 Å².